The van der Waals surface area contributed by atoms with Crippen LogP contribution in [-0.4, -0.2) is 14.1 Å². The number of rotatable bonds is 2. The van der Waals surface area contributed by atoms with E-state index in [1.54, 1.807) is 22.6 Å². The molecule has 0 N–H and O–H groups in total. The Bertz CT molecular complexity index is 97.9. The second kappa shape index (κ2) is 3.23. The van der Waals surface area contributed by atoms with Crippen molar-refractivity contribution in [2.75, 3.05) is 4.43 Å². The van der Waals surface area contributed by atoms with E-state index < -0.39 is 9.71 Å². The Morgan fingerprint density at radius 2 is 2.00 bits per heavy atom. The monoisotopic (exact) mass is 346 g/mol. The van der Waals surface area contributed by atoms with E-state index in [9.17, 15) is 13.6 Å². The molecule has 0 bridgehead atoms. The van der Waals surface area contributed by atoms with Crippen molar-refractivity contribution in [2.45, 2.75) is 3.93 Å². The fraction of sp³-hybridized carbons (Fsp3) is 0.667. The molecule has 0 spiro atoms. The smallest absolute Gasteiger partial charge is 0.291 e. The Kier molecular flexibility index (Phi) is 3.63. The third-order valence-corrected chi connectivity index (χ3v) is 1.73. The number of alkyl halides is 4. The molecule has 0 atom stereocenters. The SMILES string of the molecule is O=C(CI)C(F)(F)I. The maximum absolute atomic E-state index is 11.7. The van der Waals surface area contributed by atoms with Crippen LogP contribution in [0.3, 0.4) is 0 Å². The van der Waals surface area contributed by atoms with Crippen molar-refractivity contribution in [1.82, 2.24) is 0 Å². The number of hydrogen-bond acceptors (Lipinski definition) is 1. The lowest BCUT2D eigenvalue weighted by Crippen LogP contribution is -2.21. The van der Waals surface area contributed by atoms with Crippen LogP contribution in [0, 0.1) is 0 Å². The van der Waals surface area contributed by atoms with E-state index >= 15 is 0 Å². The zero-order chi connectivity index (χ0) is 6.78. The molecule has 0 fully saturated rings. The molecule has 0 rings (SSSR count). The molecule has 8 heavy (non-hydrogen) atoms. The summed E-state index contributed by atoms with van der Waals surface area (Å²) in [5.74, 6) is -1.03. The van der Waals surface area contributed by atoms with Crippen LogP contribution < -0.4 is 0 Å². The predicted octanol–water partition coefficient (Wildman–Crippen LogP) is 2.02. The summed E-state index contributed by atoms with van der Waals surface area (Å²) in [7, 11) is 0. The number of Topliss-reactive ketones (excluding diaryl/α,β-unsaturated/α-hetero) is 1. The molecule has 1 nitrogen and oxygen atoms in total. The van der Waals surface area contributed by atoms with Gasteiger partial charge in [-0.25, -0.2) is 0 Å². The molecule has 0 unspecified atom stereocenters. The molecule has 0 aliphatic heterocycles. The van der Waals surface area contributed by atoms with E-state index in [0.717, 1.165) is 22.6 Å². The summed E-state index contributed by atoms with van der Waals surface area (Å²) < 4.78 is 20.2. The average molecular weight is 346 g/mol. The second-order valence-electron chi connectivity index (χ2n) is 1.05. The van der Waals surface area contributed by atoms with Gasteiger partial charge in [0.15, 0.2) is 0 Å². The number of hydrogen-bond donors (Lipinski definition) is 0. The molecular formula is C3H2F2I2O. The molecule has 0 aliphatic carbocycles. The summed E-state index contributed by atoms with van der Waals surface area (Å²) in [6.07, 6.45) is 0. The first-order valence-electron chi connectivity index (χ1n) is 1.64. The first kappa shape index (κ1) is 8.99. The van der Waals surface area contributed by atoms with Gasteiger partial charge < -0.3 is 0 Å². The lowest BCUT2D eigenvalue weighted by atomic mass is 10.5. The lowest BCUT2D eigenvalue weighted by Gasteiger charge is -2.01. The molecule has 48 valence electrons. The summed E-state index contributed by atoms with van der Waals surface area (Å²) in [6, 6.07) is 0. The first-order valence-corrected chi connectivity index (χ1v) is 4.25. The molecule has 0 aromatic rings. The highest BCUT2D eigenvalue weighted by Crippen LogP contribution is 2.23. The van der Waals surface area contributed by atoms with Crippen molar-refractivity contribution in [3.63, 3.8) is 0 Å². The maximum Gasteiger partial charge on any atom is 0.354 e. The highest BCUT2D eigenvalue weighted by Gasteiger charge is 2.32. The Balaban J connectivity index is 3.82. The van der Waals surface area contributed by atoms with Crippen LogP contribution in [0.4, 0.5) is 8.78 Å². The number of halogens is 4. The Labute approximate surface area is 72.5 Å². The van der Waals surface area contributed by atoms with E-state index in [-0.39, 0.29) is 4.43 Å². The molecule has 0 heterocycles. The Morgan fingerprint density at radius 1 is 1.62 bits per heavy atom. The quantitative estimate of drug-likeness (QED) is 0.553. The van der Waals surface area contributed by atoms with Gasteiger partial charge in [0.1, 0.15) is 0 Å². The molecule has 0 radical (unpaired) electrons. The normalized spacial score (nSPS) is 11.5. The number of carbonyl (C=O) groups excluding carboxylic acids is 1. The van der Waals surface area contributed by atoms with Gasteiger partial charge >= 0.3 is 3.93 Å². The Hall–Kier alpha value is 0.990. The maximum atomic E-state index is 11.7. The zero-order valence-electron chi connectivity index (χ0n) is 3.63. The molecule has 0 saturated heterocycles. The van der Waals surface area contributed by atoms with Crippen LogP contribution in [0.15, 0.2) is 0 Å². The van der Waals surface area contributed by atoms with Crippen LogP contribution in [0.5, 0.6) is 0 Å². The Morgan fingerprint density at radius 3 is 2.00 bits per heavy atom. The van der Waals surface area contributed by atoms with Crippen molar-refractivity contribution in [2.24, 2.45) is 0 Å². The van der Waals surface area contributed by atoms with E-state index in [2.05, 4.69) is 0 Å². The highest BCUT2D eigenvalue weighted by molar-refractivity contribution is 14.1. The summed E-state index contributed by atoms with van der Waals surface area (Å²) in [5, 5.41) is 0. The molecule has 0 aromatic carbocycles. The van der Waals surface area contributed by atoms with E-state index in [0.29, 0.717) is 0 Å². The molecule has 0 amide bonds. The van der Waals surface area contributed by atoms with Gasteiger partial charge in [0.2, 0.25) is 5.78 Å². The van der Waals surface area contributed by atoms with Gasteiger partial charge in [-0.2, -0.15) is 8.78 Å². The first-order chi connectivity index (χ1) is 3.48. The van der Waals surface area contributed by atoms with Gasteiger partial charge in [0.25, 0.3) is 0 Å². The molecule has 0 aliphatic rings. The van der Waals surface area contributed by atoms with Crippen LogP contribution in [0.2, 0.25) is 0 Å². The van der Waals surface area contributed by atoms with Crippen molar-refractivity contribution in [3.05, 3.63) is 0 Å². The standard InChI is InChI=1S/C3H2F2I2O/c4-3(5,7)2(8)1-6/h1H2. The summed E-state index contributed by atoms with van der Waals surface area (Å²) in [4.78, 5) is 10.1. The van der Waals surface area contributed by atoms with Crippen molar-refractivity contribution in [1.29, 1.82) is 0 Å². The molecular weight excluding hydrogens is 344 g/mol. The van der Waals surface area contributed by atoms with Gasteiger partial charge in [-0.15, -0.1) is 0 Å². The third-order valence-electron chi connectivity index (χ3n) is 0.438. The fourth-order valence-corrected chi connectivity index (χ4v) is 1.48. The third kappa shape index (κ3) is 3.10. The molecule has 5 heteroatoms. The van der Waals surface area contributed by atoms with Crippen molar-refractivity contribution < 1.29 is 13.6 Å². The minimum absolute atomic E-state index is 0.131. The van der Waals surface area contributed by atoms with Gasteiger partial charge in [-0.3, -0.25) is 4.79 Å². The van der Waals surface area contributed by atoms with Gasteiger partial charge in [-0.1, -0.05) is 22.6 Å². The van der Waals surface area contributed by atoms with Gasteiger partial charge in [-0.05, 0) is 0 Å². The fourth-order valence-electron chi connectivity index (χ4n) is 0.0758. The average Bonchev–Trinajstić information content (AvgIpc) is 1.62. The minimum Gasteiger partial charge on any atom is -0.291 e. The van der Waals surface area contributed by atoms with E-state index in [1.807, 2.05) is 0 Å². The van der Waals surface area contributed by atoms with Gasteiger partial charge in [0, 0.05) is 22.6 Å². The summed E-state index contributed by atoms with van der Waals surface area (Å²) in [5.41, 5.74) is 0. The number of ketones is 1. The van der Waals surface area contributed by atoms with Crippen LogP contribution in [0.1, 0.15) is 0 Å². The predicted molar refractivity (Wildman–Crippen MR) is 42.9 cm³/mol. The lowest BCUT2D eigenvalue weighted by molar-refractivity contribution is -0.127. The zero-order valence-corrected chi connectivity index (χ0v) is 7.94. The topological polar surface area (TPSA) is 17.1 Å². The van der Waals surface area contributed by atoms with E-state index in [1.165, 1.54) is 0 Å². The van der Waals surface area contributed by atoms with Gasteiger partial charge in [0.05, 0.1) is 4.43 Å². The number of carbonyl (C=O) groups is 1. The molecule has 0 aromatic heterocycles. The second-order valence-corrected chi connectivity index (χ2v) is 3.17. The minimum atomic E-state index is -3.17. The van der Waals surface area contributed by atoms with Crippen molar-refractivity contribution in [3.8, 4) is 0 Å². The van der Waals surface area contributed by atoms with Crippen molar-refractivity contribution >= 4 is 51.0 Å². The van der Waals surface area contributed by atoms with Crippen LogP contribution in [0.25, 0.3) is 0 Å². The van der Waals surface area contributed by atoms with Crippen LogP contribution >= 0.6 is 45.2 Å². The summed E-state index contributed by atoms with van der Waals surface area (Å²) >= 11 is 2.42. The van der Waals surface area contributed by atoms with E-state index in [4.69, 9.17) is 0 Å². The summed E-state index contributed by atoms with van der Waals surface area (Å²) in [6.45, 7) is 0. The molecule has 0 saturated carbocycles. The largest absolute Gasteiger partial charge is 0.354 e. The highest BCUT2D eigenvalue weighted by atomic mass is 127. The van der Waals surface area contributed by atoms with Crippen LogP contribution in [-0.2, 0) is 4.79 Å².